The third-order valence-corrected chi connectivity index (χ3v) is 5.41. The Labute approximate surface area is 163 Å². The quantitative estimate of drug-likeness (QED) is 0.502. The van der Waals surface area contributed by atoms with Gasteiger partial charge in [-0.3, -0.25) is 19.5 Å². The van der Waals surface area contributed by atoms with Gasteiger partial charge in [-0.05, 0) is 36.5 Å². The van der Waals surface area contributed by atoms with Gasteiger partial charge in [0.1, 0.15) is 5.69 Å². The zero-order valence-corrected chi connectivity index (χ0v) is 16.0. The lowest BCUT2D eigenvalue weighted by Crippen LogP contribution is -2.40. The molecule has 6 nitrogen and oxygen atoms in total. The fourth-order valence-corrected chi connectivity index (χ4v) is 4.48. The van der Waals surface area contributed by atoms with Crippen molar-refractivity contribution >= 4 is 22.3 Å². The van der Waals surface area contributed by atoms with Crippen LogP contribution in [0.3, 0.4) is 0 Å². The van der Waals surface area contributed by atoms with Crippen LogP contribution in [-0.2, 0) is 0 Å². The molecule has 3 aromatic rings. The Kier molecular flexibility index (Phi) is 4.63. The topological polar surface area (TPSA) is 68.4 Å². The van der Waals surface area contributed by atoms with Crippen molar-refractivity contribution in [2.45, 2.75) is 20.3 Å². The fraction of sp³-hybridized carbons (Fsp3) is 0.318. The van der Waals surface area contributed by atoms with E-state index in [4.69, 9.17) is 0 Å². The van der Waals surface area contributed by atoms with Crippen LogP contribution in [0.15, 0.2) is 59.4 Å². The number of nitrogens with zero attached hydrogens (tertiary/aromatic N) is 3. The maximum Gasteiger partial charge on any atom is 0.358 e. The predicted molar refractivity (Wildman–Crippen MR) is 111 cm³/mol. The molecule has 28 heavy (non-hydrogen) atoms. The number of para-hydroxylation sites is 2. The lowest BCUT2D eigenvalue weighted by atomic mass is 9.91. The summed E-state index contributed by atoms with van der Waals surface area (Å²) in [5.41, 5.74) is 0.833. The third-order valence-electron chi connectivity index (χ3n) is 5.41. The van der Waals surface area contributed by atoms with E-state index in [-0.39, 0.29) is 5.69 Å². The average molecular weight is 377 g/mol. The number of anilines is 1. The Hall–Kier alpha value is -3.15. The lowest BCUT2D eigenvalue weighted by molar-refractivity contribution is -0.385. The molecule has 0 spiro atoms. The second kappa shape index (κ2) is 7.11. The Balaban J connectivity index is 2.08. The maximum atomic E-state index is 13.3. The van der Waals surface area contributed by atoms with Gasteiger partial charge in [-0.25, -0.2) is 0 Å². The van der Waals surface area contributed by atoms with E-state index in [1.54, 1.807) is 12.1 Å². The molecule has 6 heteroatoms. The van der Waals surface area contributed by atoms with Crippen LogP contribution in [0, 0.1) is 22.0 Å². The SMILES string of the molecule is C[C@@H]1C[C@@H](C)CN(c2c([N+](=O)[O-])c(=O)n(-c3ccccc3)c3ccccc23)C1. The van der Waals surface area contributed by atoms with Gasteiger partial charge in [-0.1, -0.05) is 50.2 Å². The van der Waals surface area contributed by atoms with E-state index in [1.165, 1.54) is 4.57 Å². The van der Waals surface area contributed by atoms with Gasteiger partial charge in [0.05, 0.1) is 10.4 Å². The van der Waals surface area contributed by atoms with Crippen LogP contribution >= 0.6 is 0 Å². The molecule has 0 amide bonds. The van der Waals surface area contributed by atoms with E-state index < -0.39 is 10.5 Å². The molecule has 0 saturated carbocycles. The molecule has 2 heterocycles. The van der Waals surface area contributed by atoms with Crippen LogP contribution in [0.5, 0.6) is 0 Å². The summed E-state index contributed by atoms with van der Waals surface area (Å²) in [7, 11) is 0. The molecule has 0 N–H and O–H groups in total. The van der Waals surface area contributed by atoms with Crippen LogP contribution in [0.1, 0.15) is 20.3 Å². The highest BCUT2D eigenvalue weighted by atomic mass is 16.6. The van der Waals surface area contributed by atoms with Crippen molar-refractivity contribution in [1.29, 1.82) is 0 Å². The minimum Gasteiger partial charge on any atom is -0.365 e. The number of nitro groups is 1. The first-order valence-electron chi connectivity index (χ1n) is 9.60. The third kappa shape index (κ3) is 3.05. The summed E-state index contributed by atoms with van der Waals surface area (Å²) in [6, 6.07) is 16.5. The number of piperidine rings is 1. The highest BCUT2D eigenvalue weighted by Gasteiger charge is 2.33. The number of aromatic nitrogens is 1. The molecule has 2 aromatic carbocycles. The van der Waals surface area contributed by atoms with E-state index >= 15 is 0 Å². The smallest absolute Gasteiger partial charge is 0.358 e. The molecule has 0 radical (unpaired) electrons. The van der Waals surface area contributed by atoms with Crippen LogP contribution < -0.4 is 10.5 Å². The van der Waals surface area contributed by atoms with Gasteiger partial charge >= 0.3 is 11.2 Å². The molecule has 0 aliphatic carbocycles. The van der Waals surface area contributed by atoms with Crippen molar-refractivity contribution in [2.24, 2.45) is 11.8 Å². The standard InChI is InChI=1S/C22H23N3O3/c1-15-12-16(2)14-23(13-15)20-18-10-6-7-11-19(18)24(17-8-4-3-5-9-17)22(26)21(20)25(27)28/h3-11,15-16H,12-14H2,1-2H3/t15-,16-/m1/s1. The van der Waals surface area contributed by atoms with Gasteiger partial charge in [0.25, 0.3) is 0 Å². The maximum absolute atomic E-state index is 13.3. The number of benzene rings is 2. The zero-order valence-electron chi connectivity index (χ0n) is 16.0. The first-order valence-corrected chi connectivity index (χ1v) is 9.60. The Morgan fingerprint density at radius 1 is 0.964 bits per heavy atom. The summed E-state index contributed by atoms with van der Waals surface area (Å²) in [6.45, 7) is 5.73. The Morgan fingerprint density at radius 3 is 2.21 bits per heavy atom. The summed E-state index contributed by atoms with van der Waals surface area (Å²) < 4.78 is 1.45. The summed E-state index contributed by atoms with van der Waals surface area (Å²) >= 11 is 0. The fourth-order valence-electron chi connectivity index (χ4n) is 4.48. The largest absolute Gasteiger partial charge is 0.365 e. The minimum absolute atomic E-state index is 0.344. The lowest BCUT2D eigenvalue weighted by Gasteiger charge is -2.36. The van der Waals surface area contributed by atoms with Gasteiger partial charge in [-0.15, -0.1) is 0 Å². The van der Waals surface area contributed by atoms with E-state index in [9.17, 15) is 14.9 Å². The van der Waals surface area contributed by atoms with Gasteiger partial charge in [0.2, 0.25) is 0 Å². The number of fused-ring (bicyclic) bond motifs is 1. The molecule has 1 saturated heterocycles. The van der Waals surface area contributed by atoms with E-state index in [0.717, 1.165) is 11.8 Å². The van der Waals surface area contributed by atoms with Crippen LogP contribution in [-0.4, -0.2) is 22.6 Å². The molecule has 0 bridgehead atoms. The summed E-state index contributed by atoms with van der Waals surface area (Å²) in [5, 5.41) is 12.8. The molecule has 1 aliphatic rings. The monoisotopic (exact) mass is 377 g/mol. The van der Waals surface area contributed by atoms with Crippen molar-refractivity contribution in [2.75, 3.05) is 18.0 Å². The van der Waals surface area contributed by atoms with Gasteiger partial charge < -0.3 is 4.90 Å². The van der Waals surface area contributed by atoms with Crippen molar-refractivity contribution in [3.05, 3.63) is 75.1 Å². The normalized spacial score (nSPS) is 19.7. The van der Waals surface area contributed by atoms with E-state index in [1.807, 2.05) is 47.4 Å². The zero-order chi connectivity index (χ0) is 19.8. The predicted octanol–water partition coefficient (Wildman–Crippen LogP) is 4.38. The van der Waals surface area contributed by atoms with Gasteiger partial charge in [0, 0.05) is 24.2 Å². The number of hydrogen-bond acceptors (Lipinski definition) is 4. The second-order valence-electron chi connectivity index (χ2n) is 7.80. The van der Waals surface area contributed by atoms with Crippen molar-refractivity contribution in [1.82, 2.24) is 4.57 Å². The van der Waals surface area contributed by atoms with Crippen LogP contribution in [0.25, 0.3) is 16.6 Å². The summed E-state index contributed by atoms with van der Waals surface area (Å²) in [6.07, 6.45) is 1.09. The number of pyridine rings is 1. The van der Waals surface area contributed by atoms with Crippen molar-refractivity contribution in [3.8, 4) is 5.69 Å². The van der Waals surface area contributed by atoms with E-state index in [0.29, 0.717) is 41.8 Å². The molecule has 4 rings (SSSR count). The molecule has 0 unspecified atom stereocenters. The summed E-state index contributed by atoms with van der Waals surface area (Å²) in [5.74, 6) is 0.831. The summed E-state index contributed by atoms with van der Waals surface area (Å²) in [4.78, 5) is 26.9. The van der Waals surface area contributed by atoms with Crippen LogP contribution in [0.2, 0.25) is 0 Å². The molecular weight excluding hydrogens is 354 g/mol. The molecule has 1 aliphatic heterocycles. The Bertz CT molecular complexity index is 1080. The first kappa shape index (κ1) is 18.2. The molecule has 1 aromatic heterocycles. The highest BCUT2D eigenvalue weighted by molar-refractivity contribution is 5.97. The van der Waals surface area contributed by atoms with E-state index in [2.05, 4.69) is 13.8 Å². The average Bonchev–Trinajstić information content (AvgIpc) is 2.66. The molecule has 1 fully saturated rings. The molecule has 144 valence electrons. The van der Waals surface area contributed by atoms with Crippen LogP contribution in [0.4, 0.5) is 11.4 Å². The second-order valence-corrected chi connectivity index (χ2v) is 7.80. The van der Waals surface area contributed by atoms with Crippen molar-refractivity contribution < 1.29 is 4.92 Å². The number of rotatable bonds is 3. The highest BCUT2D eigenvalue weighted by Crippen LogP contribution is 2.37. The Morgan fingerprint density at radius 2 is 1.57 bits per heavy atom. The minimum atomic E-state index is -0.587. The molecule has 2 atom stereocenters. The van der Waals surface area contributed by atoms with Crippen molar-refractivity contribution in [3.63, 3.8) is 0 Å². The van der Waals surface area contributed by atoms with Gasteiger partial charge in [-0.2, -0.15) is 0 Å². The number of hydrogen-bond donors (Lipinski definition) is 0. The first-order chi connectivity index (χ1) is 13.5. The van der Waals surface area contributed by atoms with Gasteiger partial charge in [0.15, 0.2) is 0 Å². The molecular formula is C22H23N3O3.